The zero-order valence-corrected chi connectivity index (χ0v) is 27.3. The van der Waals surface area contributed by atoms with Gasteiger partial charge in [-0.1, -0.05) is 41.4 Å². The Kier molecular flexibility index (Phi) is 8.51. The quantitative estimate of drug-likeness (QED) is 0.190. The summed E-state index contributed by atoms with van der Waals surface area (Å²) in [7, 11) is 0. The lowest BCUT2D eigenvalue weighted by Crippen LogP contribution is -2.56. The maximum Gasteiger partial charge on any atom is 0.251 e. The fraction of sp³-hybridized carbons (Fsp3) is 0.400. The van der Waals surface area contributed by atoms with Crippen LogP contribution in [0.1, 0.15) is 59.8 Å². The van der Waals surface area contributed by atoms with Crippen molar-refractivity contribution in [3.63, 3.8) is 0 Å². The van der Waals surface area contributed by atoms with Gasteiger partial charge in [-0.05, 0) is 80.1 Å². The molecule has 0 unspecified atom stereocenters. The number of aromatic nitrogens is 2. The van der Waals surface area contributed by atoms with Crippen molar-refractivity contribution in [2.24, 2.45) is 5.92 Å². The second-order valence-corrected chi connectivity index (χ2v) is 13.9. The topological polar surface area (TPSA) is 120 Å². The highest BCUT2D eigenvalue weighted by Crippen LogP contribution is 2.58. The highest BCUT2D eigenvalue weighted by Gasteiger charge is 2.63. The van der Waals surface area contributed by atoms with Crippen molar-refractivity contribution in [1.29, 1.82) is 0 Å². The van der Waals surface area contributed by atoms with Crippen molar-refractivity contribution in [3.05, 3.63) is 93.5 Å². The number of nitrogens with zero attached hydrogens (tertiary/aromatic N) is 3. The van der Waals surface area contributed by atoms with E-state index in [0.29, 0.717) is 52.8 Å². The van der Waals surface area contributed by atoms with Gasteiger partial charge in [0, 0.05) is 47.2 Å². The standard InChI is InChI=1S/C35H36Cl2FN5O4/c1-35(34(47)40-22-5-2-4-21(36)15-22)30(24-6-3-7-25(37)31(24)38)29-28(43(35)16-19-8-9-19)12-13-42-27-11-10-20(14-26(27)41-32(29)42)33(46)39-23(17-44)18-45/h2-7,10-11,14-15,19,23,28-30,44-45H,8-9,12-13,16-18H2,1H3,(H,39,46)(H,40,47)/t28-,29+,30-,35+/m0/s1. The molecule has 1 saturated heterocycles. The number of aliphatic hydroxyl groups excluding tert-OH is 2. The van der Waals surface area contributed by atoms with Gasteiger partial charge in [-0.25, -0.2) is 9.37 Å². The van der Waals surface area contributed by atoms with Crippen LogP contribution < -0.4 is 10.6 Å². The number of benzene rings is 3. The molecule has 4 atom stereocenters. The Balaban J connectivity index is 1.37. The summed E-state index contributed by atoms with van der Waals surface area (Å²) < 4.78 is 18.3. The van der Waals surface area contributed by atoms with Crippen LogP contribution in [0.5, 0.6) is 0 Å². The molecule has 12 heteroatoms. The number of halogens is 3. The number of carbonyl (C=O) groups excluding carboxylic acids is 2. The molecular weight excluding hydrogens is 644 g/mol. The minimum absolute atomic E-state index is 0.0127. The van der Waals surface area contributed by atoms with Crippen molar-refractivity contribution < 1.29 is 24.2 Å². The van der Waals surface area contributed by atoms with Gasteiger partial charge in [-0.2, -0.15) is 0 Å². The number of likely N-dealkylation sites (tertiary alicyclic amines) is 1. The van der Waals surface area contributed by atoms with Gasteiger partial charge in [0.1, 0.15) is 17.2 Å². The van der Waals surface area contributed by atoms with E-state index in [0.717, 1.165) is 24.2 Å². The predicted molar refractivity (Wildman–Crippen MR) is 178 cm³/mol. The molecule has 4 N–H and O–H groups in total. The van der Waals surface area contributed by atoms with Crippen LogP contribution in [0.3, 0.4) is 0 Å². The van der Waals surface area contributed by atoms with Crippen molar-refractivity contribution in [2.75, 3.05) is 25.1 Å². The molecule has 0 spiro atoms. The summed E-state index contributed by atoms with van der Waals surface area (Å²) in [5.41, 5.74) is 1.47. The molecule has 9 nitrogen and oxygen atoms in total. The van der Waals surface area contributed by atoms with Crippen molar-refractivity contribution in [2.45, 2.75) is 62.2 Å². The minimum atomic E-state index is -1.19. The van der Waals surface area contributed by atoms with E-state index >= 15 is 4.39 Å². The third kappa shape index (κ3) is 5.59. The summed E-state index contributed by atoms with van der Waals surface area (Å²) >= 11 is 12.7. The molecule has 1 aliphatic carbocycles. The number of anilines is 1. The van der Waals surface area contributed by atoms with Crippen LogP contribution in [0.2, 0.25) is 10.0 Å². The molecule has 3 aromatic carbocycles. The Morgan fingerprint density at radius 3 is 2.55 bits per heavy atom. The average molecular weight is 681 g/mol. The van der Waals surface area contributed by atoms with Crippen molar-refractivity contribution >= 4 is 51.7 Å². The molecule has 4 aromatic rings. The molecule has 2 fully saturated rings. The molecule has 246 valence electrons. The van der Waals surface area contributed by atoms with Gasteiger partial charge in [0.2, 0.25) is 5.91 Å². The number of hydrogen-bond donors (Lipinski definition) is 4. The highest BCUT2D eigenvalue weighted by atomic mass is 35.5. The lowest BCUT2D eigenvalue weighted by Gasteiger charge is -2.40. The number of hydrogen-bond acceptors (Lipinski definition) is 6. The molecule has 1 aromatic heterocycles. The number of fused-ring (bicyclic) bond motifs is 5. The summed E-state index contributed by atoms with van der Waals surface area (Å²) in [5.74, 6) is -1.11. The minimum Gasteiger partial charge on any atom is -0.394 e. The van der Waals surface area contributed by atoms with Gasteiger partial charge in [0.25, 0.3) is 5.91 Å². The van der Waals surface area contributed by atoms with E-state index in [2.05, 4.69) is 20.1 Å². The summed E-state index contributed by atoms with van der Waals surface area (Å²) in [6.45, 7) is 2.45. The van der Waals surface area contributed by atoms with Crippen LogP contribution in [-0.4, -0.2) is 73.9 Å². The Hall–Kier alpha value is -3.54. The molecular formula is C35H36Cl2FN5O4. The van der Waals surface area contributed by atoms with Crippen LogP contribution in [0.4, 0.5) is 10.1 Å². The first-order valence-corrected chi connectivity index (χ1v) is 16.7. The second kappa shape index (κ2) is 12.5. The highest BCUT2D eigenvalue weighted by molar-refractivity contribution is 6.31. The number of imidazole rings is 1. The van der Waals surface area contributed by atoms with Crippen LogP contribution >= 0.6 is 23.2 Å². The summed E-state index contributed by atoms with van der Waals surface area (Å²) in [6.07, 6.45) is 2.87. The Morgan fingerprint density at radius 2 is 1.83 bits per heavy atom. The molecule has 3 aliphatic rings. The number of aryl methyl sites for hydroxylation is 1. The maximum atomic E-state index is 16.2. The smallest absolute Gasteiger partial charge is 0.251 e. The summed E-state index contributed by atoms with van der Waals surface area (Å²) in [4.78, 5) is 35.0. The van der Waals surface area contributed by atoms with Crippen LogP contribution in [0.25, 0.3) is 11.0 Å². The number of rotatable bonds is 9. The largest absolute Gasteiger partial charge is 0.394 e. The van der Waals surface area contributed by atoms with E-state index in [1.54, 1.807) is 48.5 Å². The van der Waals surface area contributed by atoms with Gasteiger partial charge in [0.05, 0.1) is 35.3 Å². The van der Waals surface area contributed by atoms with Gasteiger partial charge in [-0.15, -0.1) is 0 Å². The van der Waals surface area contributed by atoms with E-state index in [9.17, 15) is 19.8 Å². The van der Waals surface area contributed by atoms with E-state index in [-0.39, 0.29) is 22.9 Å². The number of aliphatic hydroxyl groups is 2. The van der Waals surface area contributed by atoms with Gasteiger partial charge < -0.3 is 25.4 Å². The zero-order chi connectivity index (χ0) is 33.0. The lowest BCUT2D eigenvalue weighted by molar-refractivity contribution is -0.127. The molecule has 2 aliphatic heterocycles. The van der Waals surface area contributed by atoms with E-state index < -0.39 is 42.4 Å². The molecule has 0 bridgehead atoms. The van der Waals surface area contributed by atoms with Gasteiger partial charge in [-0.3, -0.25) is 14.5 Å². The summed E-state index contributed by atoms with van der Waals surface area (Å²) in [6, 6.07) is 16.3. The van der Waals surface area contributed by atoms with Crippen molar-refractivity contribution in [3.8, 4) is 0 Å². The maximum absolute atomic E-state index is 16.2. The fourth-order valence-corrected chi connectivity index (χ4v) is 8.03. The number of amides is 2. The second-order valence-electron chi connectivity index (χ2n) is 13.1. The number of nitrogens with one attached hydrogen (secondary N) is 2. The lowest BCUT2D eigenvalue weighted by atomic mass is 9.73. The Labute approximate surface area is 281 Å². The summed E-state index contributed by atoms with van der Waals surface area (Å²) in [5, 5.41) is 25.1. The fourth-order valence-electron chi connectivity index (χ4n) is 7.66. The molecule has 1 saturated carbocycles. The molecule has 2 amide bonds. The van der Waals surface area contributed by atoms with E-state index in [4.69, 9.17) is 28.2 Å². The molecule has 3 heterocycles. The van der Waals surface area contributed by atoms with Crippen LogP contribution in [0.15, 0.2) is 60.7 Å². The Bertz CT molecular complexity index is 1860. The van der Waals surface area contributed by atoms with E-state index in [1.165, 1.54) is 6.07 Å². The normalized spacial score (nSPS) is 23.9. The van der Waals surface area contributed by atoms with E-state index in [1.807, 2.05) is 13.0 Å². The van der Waals surface area contributed by atoms with Crippen LogP contribution in [-0.2, 0) is 11.3 Å². The first kappa shape index (κ1) is 32.0. The van der Waals surface area contributed by atoms with Gasteiger partial charge in [0.15, 0.2) is 0 Å². The molecule has 0 radical (unpaired) electrons. The predicted octanol–water partition coefficient (Wildman–Crippen LogP) is 5.33. The first-order valence-electron chi connectivity index (χ1n) is 15.9. The third-order valence-corrected chi connectivity index (χ3v) is 10.7. The van der Waals surface area contributed by atoms with Crippen LogP contribution in [0, 0.1) is 11.7 Å². The number of carbonyl (C=O) groups is 2. The van der Waals surface area contributed by atoms with Crippen molar-refractivity contribution in [1.82, 2.24) is 19.8 Å². The SMILES string of the molecule is C[C@]1(C(=O)Nc2cccc(Cl)c2)[C@@H](c2cccc(Cl)c2F)[C@@H]2c3nc4cc(C(=O)NC(CO)CO)ccc4n3CC[C@@H]2N1CC1CC1. The molecule has 7 rings (SSSR count). The Morgan fingerprint density at radius 1 is 1.06 bits per heavy atom. The third-order valence-electron chi connectivity index (χ3n) is 10.1. The average Bonchev–Trinajstić information content (AvgIpc) is 3.75. The first-order chi connectivity index (χ1) is 22.6. The molecule has 47 heavy (non-hydrogen) atoms. The zero-order valence-electron chi connectivity index (χ0n) is 25.8. The van der Waals surface area contributed by atoms with Gasteiger partial charge >= 0.3 is 0 Å². The monoisotopic (exact) mass is 679 g/mol.